The molecule has 1 aliphatic carbocycles. The first-order valence-electron chi connectivity index (χ1n) is 22.4. The number of rotatable bonds is 6. The molecule has 12 aromatic rings. The van der Waals surface area contributed by atoms with Crippen LogP contribution in [-0.4, -0.2) is 0 Å². The summed E-state index contributed by atoms with van der Waals surface area (Å²) in [5, 5.41) is 4.57. The molecule has 0 bridgehead atoms. The molecule has 1 spiro atoms. The lowest BCUT2D eigenvalue weighted by atomic mass is 9.66. The van der Waals surface area contributed by atoms with Crippen LogP contribution in [0.3, 0.4) is 0 Å². The van der Waals surface area contributed by atoms with E-state index in [0.717, 1.165) is 78.7 Å². The first kappa shape index (κ1) is 37.0. The third-order valence-corrected chi connectivity index (χ3v) is 14.8. The highest BCUT2D eigenvalue weighted by Crippen LogP contribution is 2.63. The smallest absolute Gasteiger partial charge is 0.137 e. The van der Waals surface area contributed by atoms with Crippen LogP contribution in [0.1, 0.15) is 22.3 Å². The third kappa shape index (κ3) is 5.26. The third-order valence-electron chi connectivity index (χ3n) is 13.7. The van der Waals surface area contributed by atoms with Crippen molar-refractivity contribution in [2.24, 2.45) is 0 Å². The minimum atomic E-state index is -0.634. The molecule has 66 heavy (non-hydrogen) atoms. The Morgan fingerprint density at radius 3 is 1.70 bits per heavy atom. The summed E-state index contributed by atoms with van der Waals surface area (Å²) in [6.07, 6.45) is 0. The monoisotopic (exact) mass is 862 g/mol. The van der Waals surface area contributed by atoms with E-state index in [4.69, 9.17) is 9.15 Å². The van der Waals surface area contributed by atoms with Gasteiger partial charge in [-0.1, -0.05) is 146 Å². The van der Waals surface area contributed by atoms with E-state index >= 15 is 0 Å². The standard InChI is InChI=1S/C61H38N2O2S/c1-3-18-39(19-4-1)62(40-20-5-2-6-21-40)52-37-42(38-58-60(52)46-25-10-16-33-57(46)66-58)63(51-29-17-32-56-59(51)45-24-9-14-30-53(45)64-56)41-34-35-55-50(36-41)61(49-28-13-15-31-54(49)65-55)47-26-11-7-22-43(47)44-23-8-12-27-48(44)61/h1-38H. The van der Waals surface area contributed by atoms with Crippen molar-refractivity contribution in [3.63, 3.8) is 0 Å². The predicted molar refractivity (Wildman–Crippen MR) is 273 cm³/mol. The summed E-state index contributed by atoms with van der Waals surface area (Å²) in [4.78, 5) is 4.86. The summed E-state index contributed by atoms with van der Waals surface area (Å²) < 4.78 is 16.0. The Morgan fingerprint density at radius 1 is 0.348 bits per heavy atom. The molecule has 1 aliphatic heterocycles. The summed E-state index contributed by atoms with van der Waals surface area (Å²) in [6, 6.07) is 83.1. The zero-order valence-electron chi connectivity index (χ0n) is 35.6. The number of para-hydroxylation sites is 4. The van der Waals surface area contributed by atoms with E-state index in [1.807, 2.05) is 17.4 Å². The molecule has 0 saturated heterocycles. The number of nitrogens with zero attached hydrogens (tertiary/aromatic N) is 2. The van der Waals surface area contributed by atoms with Gasteiger partial charge in [0.15, 0.2) is 0 Å². The van der Waals surface area contributed by atoms with Crippen molar-refractivity contribution in [3.8, 4) is 22.6 Å². The van der Waals surface area contributed by atoms with Gasteiger partial charge in [-0.05, 0) is 107 Å². The topological polar surface area (TPSA) is 28.9 Å². The van der Waals surface area contributed by atoms with Gasteiger partial charge in [0.05, 0.1) is 22.2 Å². The summed E-state index contributed by atoms with van der Waals surface area (Å²) in [7, 11) is 0. The molecule has 5 heteroatoms. The van der Waals surface area contributed by atoms with Crippen molar-refractivity contribution in [2.75, 3.05) is 9.80 Å². The molecule has 3 heterocycles. The van der Waals surface area contributed by atoms with Gasteiger partial charge in [0.1, 0.15) is 22.7 Å². The Bertz CT molecular complexity index is 3800. The second kappa shape index (κ2) is 14.3. The maximum atomic E-state index is 6.96. The molecule has 4 nitrogen and oxygen atoms in total. The van der Waals surface area contributed by atoms with E-state index in [9.17, 15) is 0 Å². The first-order valence-corrected chi connectivity index (χ1v) is 23.2. The fraction of sp³-hybridized carbons (Fsp3) is 0.0164. The van der Waals surface area contributed by atoms with Gasteiger partial charge in [-0.2, -0.15) is 0 Å². The van der Waals surface area contributed by atoms with Gasteiger partial charge in [-0.3, -0.25) is 0 Å². The number of hydrogen-bond donors (Lipinski definition) is 0. The molecular formula is C61H38N2O2S. The number of fused-ring (bicyclic) bond motifs is 15. The molecule has 10 aromatic carbocycles. The number of ether oxygens (including phenoxy) is 1. The Balaban J connectivity index is 1.10. The molecule has 310 valence electrons. The van der Waals surface area contributed by atoms with Crippen LogP contribution in [0, 0.1) is 0 Å². The predicted octanol–water partition coefficient (Wildman–Crippen LogP) is 17.4. The molecule has 0 unspecified atom stereocenters. The van der Waals surface area contributed by atoms with E-state index in [0.29, 0.717) is 0 Å². The molecule has 0 fully saturated rings. The maximum absolute atomic E-state index is 6.96. The van der Waals surface area contributed by atoms with Crippen LogP contribution in [-0.2, 0) is 5.41 Å². The number of hydrogen-bond acceptors (Lipinski definition) is 5. The molecule has 2 aliphatic rings. The van der Waals surface area contributed by atoms with Crippen molar-refractivity contribution in [3.05, 3.63) is 253 Å². The normalized spacial score (nSPS) is 13.1. The van der Waals surface area contributed by atoms with Crippen molar-refractivity contribution in [2.45, 2.75) is 5.41 Å². The number of furan rings is 1. The SMILES string of the molecule is c1ccc(N(c2ccccc2)c2cc(N(c3ccc4c(c3)C3(c5ccccc5O4)c4ccccc4-c4ccccc43)c3cccc4oc5ccccc5c34)cc3sc4ccccc4c23)cc1. The highest BCUT2D eigenvalue weighted by Gasteiger charge is 2.51. The maximum Gasteiger partial charge on any atom is 0.137 e. The van der Waals surface area contributed by atoms with Crippen LogP contribution in [0.25, 0.3) is 53.2 Å². The van der Waals surface area contributed by atoms with Gasteiger partial charge in [0, 0.05) is 59.4 Å². The van der Waals surface area contributed by atoms with Crippen molar-refractivity contribution >= 4 is 87.6 Å². The Kier molecular flexibility index (Phi) is 8.03. The van der Waals surface area contributed by atoms with Crippen LogP contribution >= 0.6 is 11.3 Å². The van der Waals surface area contributed by atoms with Crippen LogP contribution in [0.15, 0.2) is 235 Å². The van der Waals surface area contributed by atoms with Crippen LogP contribution < -0.4 is 14.5 Å². The van der Waals surface area contributed by atoms with Gasteiger partial charge in [-0.25, -0.2) is 0 Å². The van der Waals surface area contributed by atoms with Crippen LogP contribution in [0.4, 0.5) is 34.1 Å². The molecule has 0 N–H and O–H groups in total. The fourth-order valence-corrected chi connectivity index (χ4v) is 12.2. The fourth-order valence-electron chi connectivity index (χ4n) is 11.1. The van der Waals surface area contributed by atoms with E-state index in [1.165, 1.54) is 42.4 Å². The van der Waals surface area contributed by atoms with Crippen LogP contribution in [0.2, 0.25) is 0 Å². The number of benzene rings is 10. The zero-order valence-corrected chi connectivity index (χ0v) is 36.4. The van der Waals surface area contributed by atoms with E-state index in [-0.39, 0.29) is 0 Å². The summed E-state index contributed by atoms with van der Waals surface area (Å²) >= 11 is 1.84. The summed E-state index contributed by atoms with van der Waals surface area (Å²) in [5.41, 5.74) is 14.6. The Labute approximate surface area is 385 Å². The Morgan fingerprint density at radius 2 is 0.939 bits per heavy atom. The van der Waals surface area contributed by atoms with Crippen molar-refractivity contribution in [1.29, 1.82) is 0 Å². The van der Waals surface area contributed by atoms with Crippen molar-refractivity contribution < 1.29 is 9.15 Å². The zero-order chi connectivity index (χ0) is 43.3. The second-order valence-corrected chi connectivity index (χ2v) is 18.2. The molecule has 0 saturated carbocycles. The molecule has 2 aromatic heterocycles. The molecule has 0 radical (unpaired) electrons. The number of thiophene rings is 1. The molecule has 0 amide bonds. The highest BCUT2D eigenvalue weighted by molar-refractivity contribution is 7.26. The largest absolute Gasteiger partial charge is 0.457 e. The van der Waals surface area contributed by atoms with Gasteiger partial charge in [0.25, 0.3) is 0 Å². The average Bonchev–Trinajstić information content (AvgIpc) is 4.04. The molecule has 0 atom stereocenters. The lowest BCUT2D eigenvalue weighted by Gasteiger charge is -2.40. The minimum absolute atomic E-state index is 0.634. The van der Waals surface area contributed by atoms with Gasteiger partial charge in [-0.15, -0.1) is 11.3 Å². The average molecular weight is 863 g/mol. The summed E-state index contributed by atoms with van der Waals surface area (Å²) in [6.45, 7) is 0. The van der Waals surface area contributed by atoms with Crippen molar-refractivity contribution in [1.82, 2.24) is 0 Å². The summed E-state index contributed by atoms with van der Waals surface area (Å²) in [5.74, 6) is 1.72. The second-order valence-electron chi connectivity index (χ2n) is 17.1. The molecule has 14 rings (SSSR count). The van der Waals surface area contributed by atoms with E-state index < -0.39 is 5.41 Å². The lowest BCUT2D eigenvalue weighted by Crippen LogP contribution is -2.32. The lowest BCUT2D eigenvalue weighted by molar-refractivity contribution is 0.436. The first-order chi connectivity index (χ1) is 32.7. The number of anilines is 6. The van der Waals surface area contributed by atoms with Gasteiger partial charge >= 0.3 is 0 Å². The quantitative estimate of drug-likeness (QED) is 0.167. The highest BCUT2D eigenvalue weighted by atomic mass is 32.1. The Hall–Kier alpha value is -8.38. The molecular weight excluding hydrogens is 825 g/mol. The minimum Gasteiger partial charge on any atom is -0.457 e. The van der Waals surface area contributed by atoms with Crippen LogP contribution in [0.5, 0.6) is 11.5 Å². The van der Waals surface area contributed by atoms with E-state index in [1.54, 1.807) is 0 Å². The van der Waals surface area contributed by atoms with Gasteiger partial charge < -0.3 is 19.0 Å². The van der Waals surface area contributed by atoms with Gasteiger partial charge in [0.2, 0.25) is 0 Å². The van der Waals surface area contributed by atoms with E-state index in [2.05, 4.69) is 234 Å².